The fraction of sp³-hybridized carbons (Fsp3) is 0.667. The van der Waals surface area contributed by atoms with Crippen LogP contribution in [0, 0.1) is 11.3 Å². The number of alkyl halides is 2. The maximum absolute atomic E-state index is 10.6. The monoisotopic (exact) mass is 195 g/mol. The molecule has 0 aliphatic rings. The zero-order valence-electron chi connectivity index (χ0n) is 5.88. The fourth-order valence-electron chi connectivity index (χ4n) is 0.458. The van der Waals surface area contributed by atoms with Gasteiger partial charge in [-0.25, -0.2) is 0 Å². The van der Waals surface area contributed by atoms with Crippen LogP contribution < -0.4 is 0 Å². The van der Waals surface area contributed by atoms with Crippen molar-refractivity contribution in [1.82, 2.24) is 0 Å². The summed E-state index contributed by atoms with van der Waals surface area (Å²) in [6.45, 7) is 0. The van der Waals surface area contributed by atoms with E-state index in [0.29, 0.717) is 0 Å². The zero-order valence-corrected chi connectivity index (χ0v) is 7.39. The summed E-state index contributed by atoms with van der Waals surface area (Å²) in [6.07, 6.45) is 0.103. The van der Waals surface area contributed by atoms with E-state index in [2.05, 4.69) is 4.74 Å². The van der Waals surface area contributed by atoms with E-state index in [-0.39, 0.29) is 6.42 Å². The molecule has 0 aliphatic heterocycles. The van der Waals surface area contributed by atoms with Gasteiger partial charge in [-0.1, -0.05) is 0 Å². The van der Waals surface area contributed by atoms with Crippen molar-refractivity contribution in [3.05, 3.63) is 0 Å². The summed E-state index contributed by atoms with van der Waals surface area (Å²) in [4.78, 5) is 10.6. The van der Waals surface area contributed by atoms with Crippen molar-refractivity contribution in [2.24, 2.45) is 0 Å². The van der Waals surface area contributed by atoms with Crippen molar-refractivity contribution < 1.29 is 9.53 Å². The predicted molar refractivity (Wildman–Crippen MR) is 41.5 cm³/mol. The molecule has 11 heavy (non-hydrogen) atoms. The predicted octanol–water partition coefficient (Wildman–Crippen LogP) is 1.29. The van der Waals surface area contributed by atoms with E-state index in [4.69, 9.17) is 28.5 Å². The molecular weight excluding hydrogens is 189 g/mol. The Bertz CT molecular complexity index is 178. The molecule has 0 aromatic heterocycles. The molecule has 0 amide bonds. The van der Waals surface area contributed by atoms with Gasteiger partial charge in [0.05, 0.1) is 13.2 Å². The van der Waals surface area contributed by atoms with E-state index in [9.17, 15) is 4.79 Å². The maximum atomic E-state index is 10.6. The van der Waals surface area contributed by atoms with Gasteiger partial charge in [0, 0.05) is 6.42 Å². The Kier molecular flexibility index (Phi) is 5.01. The molecule has 0 aromatic rings. The van der Waals surface area contributed by atoms with E-state index < -0.39 is 16.7 Å². The van der Waals surface area contributed by atoms with Crippen LogP contribution in [-0.2, 0) is 9.53 Å². The number of ether oxygens (including phenoxy) is 1. The van der Waals surface area contributed by atoms with Gasteiger partial charge in [0.15, 0.2) is 0 Å². The fourth-order valence-corrected chi connectivity index (χ4v) is 0.995. The molecular formula is C6H7Cl2NO2. The third-order valence-electron chi connectivity index (χ3n) is 1.01. The summed E-state index contributed by atoms with van der Waals surface area (Å²) in [5, 5.41) is 6.67. The molecule has 0 bridgehead atoms. The summed E-state index contributed by atoms with van der Waals surface area (Å²) < 4.78 is 4.32. The molecule has 0 radical (unpaired) electrons. The van der Waals surface area contributed by atoms with Gasteiger partial charge in [-0.2, -0.15) is 5.26 Å². The first-order valence-electron chi connectivity index (χ1n) is 2.87. The first-order chi connectivity index (χ1) is 5.11. The molecule has 5 heteroatoms. The standard InChI is InChI=1S/C6H7Cl2NO2/c1-11-6(10)5(8)2-4(7)3-9/h4-5H,2H2,1H3. The second-order valence-electron chi connectivity index (χ2n) is 1.82. The minimum atomic E-state index is -0.831. The molecule has 0 aromatic carbocycles. The quantitative estimate of drug-likeness (QED) is 0.504. The van der Waals surface area contributed by atoms with E-state index in [1.165, 1.54) is 7.11 Å². The van der Waals surface area contributed by atoms with Crippen LogP contribution in [0.4, 0.5) is 0 Å². The number of hydrogen-bond donors (Lipinski definition) is 0. The van der Waals surface area contributed by atoms with Gasteiger partial charge in [0.1, 0.15) is 10.8 Å². The third kappa shape index (κ3) is 4.07. The van der Waals surface area contributed by atoms with Crippen molar-refractivity contribution in [3.8, 4) is 6.07 Å². The highest BCUT2D eigenvalue weighted by Crippen LogP contribution is 2.11. The molecule has 0 saturated heterocycles. The number of nitriles is 1. The molecule has 0 rings (SSSR count). The van der Waals surface area contributed by atoms with E-state index in [1.807, 2.05) is 0 Å². The minimum absolute atomic E-state index is 0.103. The summed E-state index contributed by atoms with van der Waals surface area (Å²) in [5.74, 6) is -0.562. The number of carbonyl (C=O) groups is 1. The van der Waals surface area contributed by atoms with Crippen LogP contribution in [-0.4, -0.2) is 23.8 Å². The first kappa shape index (κ1) is 10.5. The molecule has 0 saturated carbocycles. The van der Waals surface area contributed by atoms with Crippen LogP contribution in [0.3, 0.4) is 0 Å². The highest BCUT2D eigenvalue weighted by atomic mass is 35.5. The van der Waals surface area contributed by atoms with Crippen molar-refractivity contribution in [3.63, 3.8) is 0 Å². The number of nitrogens with zero attached hydrogens (tertiary/aromatic N) is 1. The number of methoxy groups -OCH3 is 1. The zero-order chi connectivity index (χ0) is 8.85. The second-order valence-corrected chi connectivity index (χ2v) is 2.88. The molecule has 0 aliphatic carbocycles. The summed E-state index contributed by atoms with van der Waals surface area (Å²) in [6, 6.07) is 1.75. The lowest BCUT2D eigenvalue weighted by Gasteiger charge is -2.05. The highest BCUT2D eigenvalue weighted by molar-refractivity contribution is 6.31. The smallest absolute Gasteiger partial charge is 0.323 e. The van der Waals surface area contributed by atoms with Crippen LogP contribution in [0.2, 0.25) is 0 Å². The summed E-state index contributed by atoms with van der Waals surface area (Å²) >= 11 is 10.9. The van der Waals surface area contributed by atoms with E-state index >= 15 is 0 Å². The maximum Gasteiger partial charge on any atom is 0.323 e. The lowest BCUT2D eigenvalue weighted by molar-refractivity contribution is -0.140. The number of esters is 1. The van der Waals surface area contributed by atoms with Gasteiger partial charge in [0.25, 0.3) is 0 Å². The first-order valence-corrected chi connectivity index (χ1v) is 3.74. The van der Waals surface area contributed by atoms with Crippen LogP contribution in [0.1, 0.15) is 6.42 Å². The molecule has 0 N–H and O–H groups in total. The number of halogens is 2. The van der Waals surface area contributed by atoms with Gasteiger partial charge in [0.2, 0.25) is 0 Å². The summed E-state index contributed by atoms with van der Waals surface area (Å²) in [5.41, 5.74) is 0. The molecule has 2 atom stereocenters. The van der Waals surface area contributed by atoms with Crippen LogP contribution in [0.5, 0.6) is 0 Å². The van der Waals surface area contributed by atoms with E-state index in [1.54, 1.807) is 6.07 Å². The van der Waals surface area contributed by atoms with Gasteiger partial charge < -0.3 is 4.74 Å². The topological polar surface area (TPSA) is 50.1 Å². The Labute approximate surface area is 74.8 Å². The molecule has 2 unspecified atom stereocenters. The summed E-state index contributed by atoms with van der Waals surface area (Å²) in [7, 11) is 1.23. The molecule has 62 valence electrons. The van der Waals surface area contributed by atoms with Crippen molar-refractivity contribution >= 4 is 29.2 Å². The average Bonchev–Trinajstić information content (AvgIpc) is 2.02. The lowest BCUT2D eigenvalue weighted by Crippen LogP contribution is -2.19. The van der Waals surface area contributed by atoms with Gasteiger partial charge in [-0.05, 0) is 0 Å². The van der Waals surface area contributed by atoms with Crippen molar-refractivity contribution in [2.45, 2.75) is 17.2 Å². The van der Waals surface area contributed by atoms with Crippen LogP contribution in [0.25, 0.3) is 0 Å². The molecule has 0 spiro atoms. The lowest BCUT2D eigenvalue weighted by atomic mass is 10.2. The average molecular weight is 196 g/mol. The Hall–Kier alpha value is -0.460. The Morgan fingerprint density at radius 3 is 2.64 bits per heavy atom. The Morgan fingerprint density at radius 2 is 2.27 bits per heavy atom. The Morgan fingerprint density at radius 1 is 1.73 bits per heavy atom. The van der Waals surface area contributed by atoms with Crippen LogP contribution >= 0.6 is 23.2 Å². The number of hydrogen-bond acceptors (Lipinski definition) is 3. The third-order valence-corrected chi connectivity index (χ3v) is 1.64. The van der Waals surface area contributed by atoms with Crippen molar-refractivity contribution in [1.29, 1.82) is 5.26 Å². The molecule has 3 nitrogen and oxygen atoms in total. The minimum Gasteiger partial charge on any atom is -0.468 e. The van der Waals surface area contributed by atoms with Gasteiger partial charge in [-0.15, -0.1) is 23.2 Å². The van der Waals surface area contributed by atoms with Gasteiger partial charge >= 0.3 is 5.97 Å². The highest BCUT2D eigenvalue weighted by Gasteiger charge is 2.19. The molecule has 0 fully saturated rings. The largest absolute Gasteiger partial charge is 0.468 e. The second kappa shape index (κ2) is 5.22. The normalized spacial score (nSPS) is 14.7. The SMILES string of the molecule is COC(=O)C(Cl)CC(Cl)C#N. The molecule has 0 heterocycles. The van der Waals surface area contributed by atoms with Crippen molar-refractivity contribution in [2.75, 3.05) is 7.11 Å². The number of carbonyl (C=O) groups excluding carboxylic acids is 1. The number of rotatable bonds is 3. The van der Waals surface area contributed by atoms with E-state index in [0.717, 1.165) is 0 Å². The van der Waals surface area contributed by atoms with Crippen LogP contribution in [0.15, 0.2) is 0 Å². The van der Waals surface area contributed by atoms with Gasteiger partial charge in [-0.3, -0.25) is 4.79 Å². The Balaban J connectivity index is 3.79.